The number of carbonyl (C=O) groups excluding carboxylic acids is 1. The molecular weight excluding hydrogens is 336 g/mol. The Bertz CT molecular complexity index is 717. The van der Waals surface area contributed by atoms with Crippen LogP contribution in [0, 0.1) is 0 Å². The first-order valence-corrected chi connectivity index (χ1v) is 9.73. The van der Waals surface area contributed by atoms with Crippen molar-refractivity contribution in [2.45, 2.75) is 43.0 Å². The molecule has 0 bridgehead atoms. The lowest BCUT2D eigenvalue weighted by Crippen LogP contribution is -2.38. The lowest BCUT2D eigenvalue weighted by Gasteiger charge is -2.16. The molecule has 0 spiro atoms. The molecule has 1 N–H and O–H groups in total. The molecule has 8 heteroatoms. The molecule has 1 aromatic carbocycles. The van der Waals surface area contributed by atoms with Crippen LogP contribution < -0.4 is 5.32 Å². The number of nitrogens with zero attached hydrogens (tertiary/aromatic N) is 5. The average Bonchev–Trinajstić information content (AvgIpc) is 3.20. The minimum atomic E-state index is 0.0573. The maximum absolute atomic E-state index is 12.2. The molecule has 1 aliphatic carbocycles. The smallest absolute Gasteiger partial charge is 0.230 e. The van der Waals surface area contributed by atoms with E-state index in [1.165, 1.54) is 17.3 Å². The fraction of sp³-hybridized carbons (Fsp3) is 0.529. The average molecular weight is 358 g/mol. The minimum Gasteiger partial charge on any atom is -0.351 e. The van der Waals surface area contributed by atoms with Crippen molar-refractivity contribution in [2.24, 2.45) is 0 Å². The zero-order valence-electron chi connectivity index (χ0n) is 14.0. The van der Waals surface area contributed by atoms with E-state index in [4.69, 9.17) is 0 Å². The normalized spacial score (nSPS) is 20.7. The first-order valence-electron chi connectivity index (χ1n) is 8.74. The number of aromatic nitrogens is 4. The fourth-order valence-electron chi connectivity index (χ4n) is 3.16. The number of thioether (sulfide) groups is 1. The second kappa shape index (κ2) is 7.53. The molecule has 1 aromatic heterocycles. The Kier molecular flexibility index (Phi) is 4.98. The molecular formula is C17H22N6OS. The molecule has 7 nitrogen and oxygen atoms in total. The van der Waals surface area contributed by atoms with Gasteiger partial charge in [0.05, 0.1) is 11.8 Å². The van der Waals surface area contributed by atoms with Crippen LogP contribution in [-0.2, 0) is 11.3 Å². The number of hydrogen-bond donors (Lipinski definition) is 1. The minimum absolute atomic E-state index is 0.0573. The van der Waals surface area contributed by atoms with Crippen molar-refractivity contribution in [1.29, 1.82) is 0 Å². The van der Waals surface area contributed by atoms with Gasteiger partial charge in [0, 0.05) is 25.7 Å². The van der Waals surface area contributed by atoms with E-state index >= 15 is 0 Å². The summed E-state index contributed by atoms with van der Waals surface area (Å²) in [4.78, 5) is 14.6. The monoisotopic (exact) mass is 358 g/mol. The number of amides is 1. The van der Waals surface area contributed by atoms with Gasteiger partial charge in [-0.15, -0.1) is 5.10 Å². The molecule has 2 fully saturated rings. The van der Waals surface area contributed by atoms with Crippen molar-refractivity contribution in [3.63, 3.8) is 0 Å². The van der Waals surface area contributed by atoms with Crippen molar-refractivity contribution in [3.8, 4) is 0 Å². The van der Waals surface area contributed by atoms with Crippen LogP contribution in [0.15, 0.2) is 35.5 Å². The van der Waals surface area contributed by atoms with Crippen molar-refractivity contribution < 1.29 is 4.79 Å². The van der Waals surface area contributed by atoms with Gasteiger partial charge in [-0.05, 0) is 35.3 Å². The molecule has 1 atom stereocenters. The third kappa shape index (κ3) is 4.38. The van der Waals surface area contributed by atoms with E-state index in [9.17, 15) is 4.79 Å². The van der Waals surface area contributed by atoms with Crippen LogP contribution in [0.25, 0.3) is 0 Å². The highest BCUT2D eigenvalue weighted by molar-refractivity contribution is 7.99. The van der Waals surface area contributed by atoms with Gasteiger partial charge in [0.25, 0.3) is 0 Å². The Balaban J connectivity index is 1.21. The summed E-state index contributed by atoms with van der Waals surface area (Å²) in [5.74, 6) is 0.421. The Hall–Kier alpha value is -1.93. The summed E-state index contributed by atoms with van der Waals surface area (Å²) in [5, 5.41) is 15.6. The van der Waals surface area contributed by atoms with Gasteiger partial charge in [0.1, 0.15) is 0 Å². The number of rotatable bonds is 7. The van der Waals surface area contributed by atoms with Crippen LogP contribution >= 0.6 is 11.8 Å². The van der Waals surface area contributed by atoms with E-state index in [0.29, 0.717) is 11.8 Å². The van der Waals surface area contributed by atoms with Gasteiger partial charge in [0.2, 0.25) is 11.1 Å². The summed E-state index contributed by atoms with van der Waals surface area (Å²) in [7, 11) is 0. The van der Waals surface area contributed by atoms with Gasteiger partial charge in [-0.1, -0.05) is 42.1 Å². The number of carbonyl (C=O) groups is 1. The molecule has 132 valence electrons. The molecule has 4 rings (SSSR count). The van der Waals surface area contributed by atoms with E-state index in [-0.39, 0.29) is 11.9 Å². The highest BCUT2D eigenvalue weighted by atomic mass is 32.2. The Morgan fingerprint density at radius 3 is 2.88 bits per heavy atom. The van der Waals surface area contributed by atoms with Gasteiger partial charge in [-0.3, -0.25) is 9.69 Å². The summed E-state index contributed by atoms with van der Waals surface area (Å²) in [5.41, 5.74) is 1.32. The Labute approximate surface area is 151 Å². The van der Waals surface area contributed by atoms with E-state index in [0.717, 1.165) is 44.1 Å². The molecule has 1 amide bonds. The second-order valence-electron chi connectivity index (χ2n) is 6.70. The second-order valence-corrected chi connectivity index (χ2v) is 7.64. The molecule has 2 aromatic rings. The molecule has 0 radical (unpaired) electrons. The van der Waals surface area contributed by atoms with Crippen LogP contribution in [0.4, 0.5) is 0 Å². The van der Waals surface area contributed by atoms with Crippen molar-refractivity contribution in [1.82, 2.24) is 30.4 Å². The highest BCUT2D eigenvalue weighted by Crippen LogP contribution is 2.36. The van der Waals surface area contributed by atoms with Crippen molar-refractivity contribution in [3.05, 3.63) is 35.9 Å². The number of likely N-dealkylation sites (tertiary alicyclic amines) is 1. The van der Waals surface area contributed by atoms with Crippen LogP contribution in [0.1, 0.15) is 30.9 Å². The number of hydrogen-bond acceptors (Lipinski definition) is 6. The van der Waals surface area contributed by atoms with Gasteiger partial charge in [-0.2, -0.15) is 0 Å². The molecule has 2 aliphatic rings. The third-order valence-electron chi connectivity index (χ3n) is 4.57. The topological polar surface area (TPSA) is 75.9 Å². The quantitative estimate of drug-likeness (QED) is 0.756. The van der Waals surface area contributed by atoms with E-state index < -0.39 is 0 Å². The predicted molar refractivity (Wildman–Crippen MR) is 95.1 cm³/mol. The first-order chi connectivity index (χ1) is 12.3. The summed E-state index contributed by atoms with van der Waals surface area (Å²) < 4.78 is 1.84. The zero-order valence-corrected chi connectivity index (χ0v) is 14.9. The summed E-state index contributed by atoms with van der Waals surface area (Å²) >= 11 is 1.42. The highest BCUT2D eigenvalue weighted by Gasteiger charge is 2.28. The molecule has 2 heterocycles. The van der Waals surface area contributed by atoms with Crippen LogP contribution in [0.3, 0.4) is 0 Å². The van der Waals surface area contributed by atoms with Crippen molar-refractivity contribution >= 4 is 17.7 Å². The van der Waals surface area contributed by atoms with Crippen LogP contribution in [0.2, 0.25) is 0 Å². The molecule has 1 unspecified atom stereocenters. The van der Waals surface area contributed by atoms with E-state index in [1.807, 2.05) is 10.7 Å². The Morgan fingerprint density at radius 2 is 2.08 bits per heavy atom. The molecule has 25 heavy (non-hydrogen) atoms. The fourth-order valence-corrected chi connectivity index (χ4v) is 3.92. The predicted octanol–water partition coefficient (Wildman–Crippen LogP) is 1.49. The first kappa shape index (κ1) is 16.5. The largest absolute Gasteiger partial charge is 0.351 e. The number of tetrazole rings is 1. The maximum atomic E-state index is 12.2. The van der Waals surface area contributed by atoms with Gasteiger partial charge in [0.15, 0.2) is 0 Å². The van der Waals surface area contributed by atoms with Crippen molar-refractivity contribution in [2.75, 3.05) is 18.8 Å². The van der Waals surface area contributed by atoms with Gasteiger partial charge < -0.3 is 5.32 Å². The zero-order chi connectivity index (χ0) is 17.1. The summed E-state index contributed by atoms with van der Waals surface area (Å²) in [6.07, 6.45) is 3.26. The van der Waals surface area contributed by atoms with E-state index in [1.54, 1.807) is 0 Å². The standard InChI is InChI=1S/C17H22N6OS/c24-16(12-25-17-19-20-21-23(17)15-6-7-15)18-14-8-9-22(11-14)10-13-4-2-1-3-5-13/h1-5,14-15H,6-12H2,(H,18,24). The SMILES string of the molecule is O=C(CSc1nnnn1C1CC1)NC1CCN(Cc2ccccc2)C1. The van der Waals surface area contributed by atoms with E-state index in [2.05, 4.69) is 50.0 Å². The summed E-state index contributed by atoms with van der Waals surface area (Å²) in [6, 6.07) is 11.1. The maximum Gasteiger partial charge on any atom is 0.230 e. The third-order valence-corrected chi connectivity index (χ3v) is 5.51. The van der Waals surface area contributed by atoms with Crippen LogP contribution in [0.5, 0.6) is 0 Å². The number of nitrogens with one attached hydrogen (secondary N) is 1. The van der Waals surface area contributed by atoms with Gasteiger partial charge >= 0.3 is 0 Å². The lowest BCUT2D eigenvalue weighted by molar-refractivity contribution is -0.119. The lowest BCUT2D eigenvalue weighted by atomic mass is 10.2. The Morgan fingerprint density at radius 1 is 1.24 bits per heavy atom. The van der Waals surface area contributed by atoms with Gasteiger partial charge in [-0.25, -0.2) is 4.68 Å². The van der Waals surface area contributed by atoms with Crippen LogP contribution in [-0.4, -0.2) is 55.9 Å². The molecule has 1 saturated carbocycles. The molecule has 1 aliphatic heterocycles. The summed E-state index contributed by atoms with van der Waals surface area (Å²) in [6.45, 7) is 2.87. The molecule has 1 saturated heterocycles. The number of benzene rings is 1.